The molecule has 24 heavy (non-hydrogen) atoms. The lowest BCUT2D eigenvalue weighted by Crippen LogP contribution is -2.28. The summed E-state index contributed by atoms with van der Waals surface area (Å²) in [5.74, 6) is -0.539. The smallest absolute Gasteiger partial charge is 0.229 e. The van der Waals surface area contributed by atoms with Gasteiger partial charge in [0.2, 0.25) is 11.8 Å². The molecule has 1 aliphatic heterocycles. The van der Waals surface area contributed by atoms with Crippen LogP contribution in [-0.2, 0) is 9.59 Å². The highest BCUT2D eigenvalue weighted by molar-refractivity contribution is 6.30. The van der Waals surface area contributed by atoms with E-state index in [1.807, 2.05) is 32.0 Å². The minimum absolute atomic E-state index is 0.0202. The highest BCUT2D eigenvalue weighted by atomic mass is 35.5. The van der Waals surface area contributed by atoms with Crippen molar-refractivity contribution in [3.05, 3.63) is 58.6 Å². The van der Waals surface area contributed by atoms with Crippen LogP contribution in [-0.4, -0.2) is 18.4 Å². The molecule has 5 heteroatoms. The standard InChI is InChI=1S/C19H19ClN2O2/c1-12-6-7-17(13(2)8-12)22-11-14(9-18(22)23)19(24)21-16-5-3-4-15(20)10-16/h3-8,10,14H,9,11H2,1-2H3,(H,21,24)/t14-/m1/s1. The Morgan fingerprint density at radius 3 is 2.71 bits per heavy atom. The summed E-state index contributed by atoms with van der Waals surface area (Å²) in [5, 5.41) is 3.40. The number of amides is 2. The molecule has 3 rings (SSSR count). The Morgan fingerprint density at radius 1 is 1.21 bits per heavy atom. The first kappa shape index (κ1) is 16.5. The zero-order chi connectivity index (χ0) is 17.3. The minimum atomic E-state index is -0.364. The molecule has 2 amide bonds. The molecule has 2 aromatic rings. The van der Waals surface area contributed by atoms with E-state index in [1.54, 1.807) is 29.2 Å². The lowest BCUT2D eigenvalue weighted by Gasteiger charge is -2.19. The minimum Gasteiger partial charge on any atom is -0.326 e. The molecule has 0 unspecified atom stereocenters. The number of nitrogens with zero attached hydrogens (tertiary/aromatic N) is 1. The van der Waals surface area contributed by atoms with Crippen LogP contribution in [0, 0.1) is 19.8 Å². The first-order valence-corrected chi connectivity index (χ1v) is 8.26. The predicted octanol–water partition coefficient (Wildman–Crippen LogP) is 3.95. The fourth-order valence-corrected chi connectivity index (χ4v) is 3.23. The maximum atomic E-state index is 12.5. The maximum Gasteiger partial charge on any atom is 0.229 e. The van der Waals surface area contributed by atoms with Gasteiger partial charge in [0.25, 0.3) is 0 Å². The third-order valence-electron chi connectivity index (χ3n) is 4.23. The first-order chi connectivity index (χ1) is 11.4. The van der Waals surface area contributed by atoms with Gasteiger partial charge in [-0.2, -0.15) is 0 Å². The topological polar surface area (TPSA) is 49.4 Å². The molecule has 1 saturated heterocycles. The molecule has 0 bridgehead atoms. The number of benzene rings is 2. The summed E-state index contributed by atoms with van der Waals surface area (Å²) < 4.78 is 0. The number of hydrogen-bond acceptors (Lipinski definition) is 2. The van der Waals surface area contributed by atoms with Gasteiger partial charge in [0.1, 0.15) is 0 Å². The molecule has 1 aliphatic rings. The van der Waals surface area contributed by atoms with Crippen molar-refractivity contribution in [2.45, 2.75) is 20.3 Å². The van der Waals surface area contributed by atoms with Crippen LogP contribution >= 0.6 is 11.6 Å². The lowest BCUT2D eigenvalue weighted by molar-refractivity contribution is -0.122. The van der Waals surface area contributed by atoms with Crippen molar-refractivity contribution in [1.29, 1.82) is 0 Å². The van der Waals surface area contributed by atoms with Crippen LogP contribution in [0.3, 0.4) is 0 Å². The highest BCUT2D eigenvalue weighted by Crippen LogP contribution is 2.29. The summed E-state index contributed by atoms with van der Waals surface area (Å²) >= 11 is 5.93. The molecule has 124 valence electrons. The Kier molecular flexibility index (Phi) is 4.58. The van der Waals surface area contributed by atoms with E-state index in [2.05, 4.69) is 5.32 Å². The summed E-state index contributed by atoms with van der Waals surface area (Å²) in [5.41, 5.74) is 3.71. The Hall–Kier alpha value is -2.33. The van der Waals surface area contributed by atoms with Crippen molar-refractivity contribution in [2.24, 2.45) is 5.92 Å². The number of rotatable bonds is 3. The predicted molar refractivity (Wildman–Crippen MR) is 96.5 cm³/mol. The molecule has 4 nitrogen and oxygen atoms in total. The molecule has 1 fully saturated rings. The largest absolute Gasteiger partial charge is 0.326 e. The second-order valence-electron chi connectivity index (χ2n) is 6.19. The molecular weight excluding hydrogens is 324 g/mol. The van der Waals surface area contributed by atoms with Gasteiger partial charge < -0.3 is 10.2 Å². The van der Waals surface area contributed by atoms with Crippen molar-refractivity contribution >= 4 is 34.8 Å². The van der Waals surface area contributed by atoms with Gasteiger partial charge in [0, 0.05) is 29.4 Å². The molecule has 2 aromatic carbocycles. The molecule has 1 heterocycles. The lowest BCUT2D eigenvalue weighted by atomic mass is 10.1. The fourth-order valence-electron chi connectivity index (χ4n) is 3.03. The third kappa shape index (κ3) is 3.44. The SMILES string of the molecule is Cc1ccc(N2C[C@H](C(=O)Nc3cccc(Cl)c3)CC2=O)c(C)c1. The van der Waals surface area contributed by atoms with Gasteiger partial charge in [0.05, 0.1) is 5.92 Å². The van der Waals surface area contributed by atoms with E-state index in [1.165, 1.54) is 0 Å². The Labute approximate surface area is 146 Å². The Morgan fingerprint density at radius 2 is 2.00 bits per heavy atom. The van der Waals surface area contributed by atoms with Gasteiger partial charge >= 0.3 is 0 Å². The van der Waals surface area contributed by atoms with Crippen molar-refractivity contribution in [3.8, 4) is 0 Å². The molecule has 0 spiro atoms. The van der Waals surface area contributed by atoms with Crippen molar-refractivity contribution in [2.75, 3.05) is 16.8 Å². The molecule has 1 atom stereocenters. The number of nitrogens with one attached hydrogen (secondary N) is 1. The van der Waals surface area contributed by atoms with Crippen LogP contribution in [0.25, 0.3) is 0 Å². The second kappa shape index (κ2) is 6.65. The molecular formula is C19H19ClN2O2. The number of hydrogen-bond donors (Lipinski definition) is 1. The van der Waals surface area contributed by atoms with Crippen molar-refractivity contribution in [3.63, 3.8) is 0 Å². The van der Waals surface area contributed by atoms with Crippen molar-refractivity contribution in [1.82, 2.24) is 0 Å². The van der Waals surface area contributed by atoms with E-state index < -0.39 is 0 Å². The normalized spacial score (nSPS) is 17.2. The number of halogens is 1. The van der Waals surface area contributed by atoms with E-state index in [4.69, 9.17) is 11.6 Å². The van der Waals surface area contributed by atoms with E-state index in [9.17, 15) is 9.59 Å². The van der Waals surface area contributed by atoms with E-state index in [-0.39, 0.29) is 24.2 Å². The van der Waals surface area contributed by atoms with Crippen LogP contribution in [0.4, 0.5) is 11.4 Å². The van der Waals surface area contributed by atoms with Gasteiger partial charge in [-0.15, -0.1) is 0 Å². The van der Waals surface area contributed by atoms with Gasteiger partial charge in [0.15, 0.2) is 0 Å². The van der Waals surface area contributed by atoms with Gasteiger partial charge in [-0.05, 0) is 43.7 Å². The van der Waals surface area contributed by atoms with Crippen LogP contribution in [0.5, 0.6) is 0 Å². The van der Waals surface area contributed by atoms with Crippen LogP contribution in [0.15, 0.2) is 42.5 Å². The number of aryl methyl sites for hydroxylation is 2. The van der Waals surface area contributed by atoms with E-state index in [0.717, 1.165) is 16.8 Å². The molecule has 0 aromatic heterocycles. The summed E-state index contributed by atoms with van der Waals surface area (Å²) in [6.45, 7) is 4.40. The van der Waals surface area contributed by atoms with E-state index >= 15 is 0 Å². The molecule has 0 aliphatic carbocycles. The average Bonchev–Trinajstić information content (AvgIpc) is 2.89. The summed E-state index contributed by atoms with van der Waals surface area (Å²) in [7, 11) is 0. The van der Waals surface area contributed by atoms with Crippen LogP contribution < -0.4 is 10.2 Å². The Balaban J connectivity index is 1.73. The molecule has 0 radical (unpaired) electrons. The molecule has 0 saturated carbocycles. The van der Waals surface area contributed by atoms with Crippen LogP contribution in [0.2, 0.25) is 5.02 Å². The summed E-state index contributed by atoms with van der Waals surface area (Å²) in [4.78, 5) is 26.5. The number of carbonyl (C=O) groups excluding carboxylic acids is 2. The number of anilines is 2. The van der Waals surface area contributed by atoms with Gasteiger partial charge in [-0.1, -0.05) is 35.4 Å². The van der Waals surface area contributed by atoms with Gasteiger partial charge in [-0.25, -0.2) is 0 Å². The fraction of sp³-hybridized carbons (Fsp3) is 0.263. The zero-order valence-corrected chi connectivity index (χ0v) is 14.4. The average molecular weight is 343 g/mol. The summed E-state index contributed by atoms with van der Waals surface area (Å²) in [6, 6.07) is 13.0. The zero-order valence-electron chi connectivity index (χ0n) is 13.7. The highest BCUT2D eigenvalue weighted by Gasteiger charge is 2.35. The van der Waals surface area contributed by atoms with Crippen molar-refractivity contribution < 1.29 is 9.59 Å². The van der Waals surface area contributed by atoms with E-state index in [0.29, 0.717) is 17.3 Å². The maximum absolute atomic E-state index is 12.5. The number of carbonyl (C=O) groups is 2. The van der Waals surface area contributed by atoms with Gasteiger partial charge in [-0.3, -0.25) is 9.59 Å². The third-order valence-corrected chi connectivity index (χ3v) is 4.47. The first-order valence-electron chi connectivity index (χ1n) is 7.88. The quantitative estimate of drug-likeness (QED) is 0.918. The second-order valence-corrected chi connectivity index (χ2v) is 6.63. The van der Waals surface area contributed by atoms with Crippen LogP contribution in [0.1, 0.15) is 17.5 Å². The Bertz CT molecular complexity index is 804. The summed E-state index contributed by atoms with van der Waals surface area (Å²) in [6.07, 6.45) is 0.222. The monoisotopic (exact) mass is 342 g/mol. The molecule has 1 N–H and O–H groups in total.